The summed E-state index contributed by atoms with van der Waals surface area (Å²) in [5, 5.41) is 9.24. The SMILES string of the molecule is Cc1cc(N2CCN(C3CC(COc4ccc(Nc5ncc6c(n5)CN(c5cnc7c(c5C)NCCO7)CC6)cc4)C3)CC2)ccc1N1CCC(=O)NC1=O. The maximum atomic E-state index is 12.3. The van der Waals surface area contributed by atoms with Crippen molar-refractivity contribution in [2.24, 2.45) is 5.92 Å². The van der Waals surface area contributed by atoms with E-state index in [1.54, 1.807) is 4.90 Å². The van der Waals surface area contributed by atoms with Crippen LogP contribution < -0.4 is 40.1 Å². The average molecular weight is 745 g/mol. The number of fused-ring (bicyclic) bond motifs is 2. The highest BCUT2D eigenvalue weighted by atomic mass is 16.5. The number of pyridine rings is 1. The number of anilines is 6. The first-order chi connectivity index (χ1) is 26.8. The Labute approximate surface area is 321 Å². The molecule has 286 valence electrons. The molecule has 4 aromatic rings. The van der Waals surface area contributed by atoms with E-state index in [9.17, 15) is 9.59 Å². The zero-order chi connectivity index (χ0) is 37.5. The minimum absolute atomic E-state index is 0.214. The smallest absolute Gasteiger partial charge is 0.328 e. The van der Waals surface area contributed by atoms with Crippen molar-refractivity contribution in [2.45, 2.75) is 52.1 Å². The molecule has 4 aliphatic heterocycles. The number of aryl methyl sites for hydroxylation is 1. The summed E-state index contributed by atoms with van der Waals surface area (Å²) < 4.78 is 11.9. The molecule has 0 radical (unpaired) electrons. The van der Waals surface area contributed by atoms with Crippen molar-refractivity contribution in [2.75, 3.05) is 84.4 Å². The number of carbonyl (C=O) groups excluding carboxylic acids is 2. The van der Waals surface area contributed by atoms with Crippen LogP contribution in [0.2, 0.25) is 0 Å². The fraction of sp³-hybridized carbons (Fsp3) is 0.439. The van der Waals surface area contributed by atoms with Crippen molar-refractivity contribution in [3.63, 3.8) is 0 Å². The van der Waals surface area contributed by atoms with E-state index in [-0.39, 0.29) is 11.9 Å². The highest BCUT2D eigenvalue weighted by Gasteiger charge is 2.35. The first-order valence-electron chi connectivity index (χ1n) is 19.5. The summed E-state index contributed by atoms with van der Waals surface area (Å²) in [5.74, 6) is 2.48. The molecule has 3 fully saturated rings. The standard InChI is InChI=1S/C41H48N10O4/c1-26-19-31(5-8-35(26)51-13-10-37(52)47-41(51)53)48-14-16-49(17-15-48)32-20-28(21-32)25-55-33-6-3-30(4-7-33)45-40-44-22-29-9-12-50(24-34(29)46-40)36-23-43-39-38(27(36)2)42-11-18-54-39/h3-8,19,22-23,28,32,42H,9-18,20-21,24-25H2,1-2H3,(H,44,45,46)(H,47,52,53). The maximum Gasteiger partial charge on any atom is 0.328 e. The Balaban J connectivity index is 0.719. The van der Waals surface area contributed by atoms with Gasteiger partial charge in [0.2, 0.25) is 17.7 Å². The Morgan fingerprint density at radius 1 is 0.909 bits per heavy atom. The lowest BCUT2D eigenvalue weighted by atomic mass is 9.79. The number of aromatic nitrogens is 3. The molecule has 3 amide bonds. The van der Waals surface area contributed by atoms with Gasteiger partial charge >= 0.3 is 6.03 Å². The molecule has 2 aromatic carbocycles. The zero-order valence-corrected chi connectivity index (χ0v) is 31.5. The lowest BCUT2D eigenvalue weighted by molar-refractivity contribution is -0.120. The number of hydrogen-bond donors (Lipinski definition) is 3. The first kappa shape index (κ1) is 35.1. The van der Waals surface area contributed by atoms with Gasteiger partial charge in [0.1, 0.15) is 18.0 Å². The molecule has 9 rings (SSSR count). The fourth-order valence-corrected chi connectivity index (χ4v) is 8.49. The van der Waals surface area contributed by atoms with Crippen LogP contribution in [0.3, 0.4) is 0 Å². The minimum Gasteiger partial charge on any atom is -0.493 e. The monoisotopic (exact) mass is 744 g/mol. The number of nitrogens with one attached hydrogen (secondary N) is 3. The Hall–Kier alpha value is -5.63. The molecular formula is C41H48N10O4. The Kier molecular flexibility index (Phi) is 9.50. The molecule has 0 bridgehead atoms. The van der Waals surface area contributed by atoms with Gasteiger partial charge in [0.15, 0.2) is 0 Å². The summed E-state index contributed by atoms with van der Waals surface area (Å²) in [6, 6.07) is 14.6. The molecule has 1 aliphatic carbocycles. The van der Waals surface area contributed by atoms with Crippen LogP contribution in [0.4, 0.5) is 39.2 Å². The van der Waals surface area contributed by atoms with E-state index in [1.807, 2.05) is 49.6 Å². The van der Waals surface area contributed by atoms with Gasteiger partial charge in [0.05, 0.1) is 30.7 Å². The summed E-state index contributed by atoms with van der Waals surface area (Å²) in [5.41, 5.74) is 9.44. The van der Waals surface area contributed by atoms with E-state index in [1.165, 1.54) is 11.3 Å². The number of rotatable bonds is 9. The molecule has 55 heavy (non-hydrogen) atoms. The quantitative estimate of drug-likeness (QED) is 0.212. The number of ether oxygens (including phenoxy) is 2. The van der Waals surface area contributed by atoms with Gasteiger partial charge in [-0.3, -0.25) is 19.9 Å². The van der Waals surface area contributed by atoms with Crippen LogP contribution >= 0.6 is 0 Å². The van der Waals surface area contributed by atoms with Crippen LogP contribution in [0.1, 0.15) is 41.6 Å². The van der Waals surface area contributed by atoms with Crippen LogP contribution in [0.5, 0.6) is 11.6 Å². The highest BCUT2D eigenvalue weighted by molar-refractivity contribution is 6.06. The van der Waals surface area contributed by atoms with Crippen molar-refractivity contribution >= 4 is 46.3 Å². The van der Waals surface area contributed by atoms with Gasteiger partial charge in [-0.25, -0.2) is 19.7 Å². The summed E-state index contributed by atoms with van der Waals surface area (Å²) in [7, 11) is 0. The van der Waals surface area contributed by atoms with E-state index >= 15 is 0 Å². The number of piperazine rings is 1. The molecule has 5 aliphatic rings. The number of benzene rings is 2. The van der Waals surface area contributed by atoms with E-state index in [4.69, 9.17) is 14.5 Å². The number of amides is 3. The lowest BCUT2D eigenvalue weighted by Gasteiger charge is -2.46. The third-order valence-corrected chi connectivity index (χ3v) is 11.7. The van der Waals surface area contributed by atoms with Crippen molar-refractivity contribution in [3.8, 4) is 11.6 Å². The predicted octanol–water partition coefficient (Wildman–Crippen LogP) is 5.02. The Bertz CT molecular complexity index is 2080. The van der Waals surface area contributed by atoms with Crippen LogP contribution in [0, 0.1) is 19.8 Å². The van der Waals surface area contributed by atoms with Gasteiger partial charge in [-0.2, -0.15) is 0 Å². The van der Waals surface area contributed by atoms with Crippen molar-refractivity contribution in [1.29, 1.82) is 0 Å². The van der Waals surface area contributed by atoms with Crippen LogP contribution in [-0.4, -0.2) is 96.9 Å². The normalized spacial score (nSPS) is 21.1. The maximum absolute atomic E-state index is 12.3. The van der Waals surface area contributed by atoms with E-state index in [0.717, 1.165) is 110 Å². The fourth-order valence-electron chi connectivity index (χ4n) is 8.49. The van der Waals surface area contributed by atoms with Crippen LogP contribution in [0.25, 0.3) is 0 Å². The van der Waals surface area contributed by atoms with E-state index in [0.29, 0.717) is 49.9 Å². The van der Waals surface area contributed by atoms with Crippen molar-refractivity contribution < 1.29 is 19.1 Å². The molecule has 14 nitrogen and oxygen atoms in total. The lowest BCUT2D eigenvalue weighted by Crippen LogP contribution is -2.54. The molecule has 0 atom stereocenters. The second-order valence-corrected chi connectivity index (χ2v) is 15.3. The summed E-state index contributed by atoms with van der Waals surface area (Å²) in [6.45, 7) is 12.3. The Morgan fingerprint density at radius 3 is 2.55 bits per heavy atom. The van der Waals surface area contributed by atoms with Crippen LogP contribution in [0.15, 0.2) is 54.9 Å². The average Bonchev–Trinajstić information content (AvgIpc) is 3.18. The predicted molar refractivity (Wildman–Crippen MR) is 212 cm³/mol. The highest BCUT2D eigenvalue weighted by Crippen LogP contribution is 2.37. The number of urea groups is 1. The molecule has 6 heterocycles. The molecule has 1 saturated carbocycles. The third-order valence-electron chi connectivity index (χ3n) is 11.7. The molecule has 2 saturated heterocycles. The van der Waals surface area contributed by atoms with Crippen molar-refractivity contribution in [3.05, 3.63) is 77.2 Å². The molecule has 14 heteroatoms. The number of hydrogen-bond acceptors (Lipinski definition) is 12. The van der Waals surface area contributed by atoms with E-state index in [2.05, 4.69) is 59.7 Å². The molecule has 2 aromatic heterocycles. The first-order valence-corrected chi connectivity index (χ1v) is 19.5. The summed E-state index contributed by atoms with van der Waals surface area (Å²) >= 11 is 0. The topological polar surface area (TPSA) is 140 Å². The number of carbonyl (C=O) groups is 2. The molecule has 0 spiro atoms. The molecule has 3 N–H and O–H groups in total. The molecule has 0 unspecified atom stereocenters. The third kappa shape index (κ3) is 7.30. The van der Waals surface area contributed by atoms with Gasteiger partial charge in [-0.15, -0.1) is 0 Å². The van der Waals surface area contributed by atoms with Gasteiger partial charge in [0, 0.05) is 87.1 Å². The Morgan fingerprint density at radius 2 is 1.75 bits per heavy atom. The van der Waals surface area contributed by atoms with E-state index < -0.39 is 0 Å². The minimum atomic E-state index is -0.342. The molecular weight excluding hydrogens is 697 g/mol. The largest absolute Gasteiger partial charge is 0.493 e. The summed E-state index contributed by atoms with van der Waals surface area (Å²) in [6.07, 6.45) is 7.39. The second-order valence-electron chi connectivity index (χ2n) is 15.3. The van der Waals surface area contributed by atoms with Crippen LogP contribution in [-0.2, 0) is 17.8 Å². The van der Waals surface area contributed by atoms with Crippen molar-refractivity contribution in [1.82, 2.24) is 25.2 Å². The van der Waals surface area contributed by atoms with Gasteiger partial charge in [-0.05, 0) is 92.6 Å². The second kappa shape index (κ2) is 14.9. The number of imide groups is 1. The zero-order valence-electron chi connectivity index (χ0n) is 31.5. The number of nitrogens with zero attached hydrogens (tertiary/aromatic N) is 7. The van der Waals surface area contributed by atoms with Gasteiger partial charge in [0.25, 0.3) is 0 Å². The summed E-state index contributed by atoms with van der Waals surface area (Å²) in [4.78, 5) is 47.1. The van der Waals surface area contributed by atoms with Gasteiger partial charge < -0.3 is 29.9 Å². The van der Waals surface area contributed by atoms with Gasteiger partial charge in [-0.1, -0.05) is 0 Å².